The fraction of sp³-hybridized carbons (Fsp3) is 0.714. The second-order valence-electron chi connectivity index (χ2n) is 5.62. The van der Waals surface area contributed by atoms with Crippen LogP contribution in [-0.2, 0) is 6.54 Å². The van der Waals surface area contributed by atoms with Gasteiger partial charge in [0, 0.05) is 20.6 Å². The molecule has 106 valence electrons. The van der Waals surface area contributed by atoms with Crippen LogP contribution in [0.25, 0.3) is 0 Å². The number of hydrogen-bond acceptors (Lipinski definition) is 5. The molecule has 0 spiro atoms. The van der Waals surface area contributed by atoms with Gasteiger partial charge in [-0.3, -0.25) is 0 Å². The van der Waals surface area contributed by atoms with Crippen molar-refractivity contribution in [1.82, 2.24) is 15.5 Å². The van der Waals surface area contributed by atoms with Gasteiger partial charge in [-0.1, -0.05) is 18.6 Å². The highest BCUT2D eigenvalue weighted by Gasteiger charge is 2.21. The summed E-state index contributed by atoms with van der Waals surface area (Å²) in [4.78, 5) is 6.14. The molecule has 1 aromatic rings. The number of nitrogens with zero attached hydrogens (tertiary/aromatic N) is 3. The smallest absolute Gasteiger partial charge is 0.265 e. The SMILES string of the molecule is CC1=CCC[C@H](C)[C@H]1CNCc1nc(N(C)C)no1. The van der Waals surface area contributed by atoms with Crippen LogP contribution in [0.4, 0.5) is 5.95 Å². The van der Waals surface area contributed by atoms with E-state index in [1.165, 1.54) is 18.4 Å². The van der Waals surface area contributed by atoms with Crippen molar-refractivity contribution in [2.75, 3.05) is 25.5 Å². The van der Waals surface area contributed by atoms with Crippen molar-refractivity contribution in [3.8, 4) is 0 Å². The highest BCUT2D eigenvalue weighted by atomic mass is 16.5. The van der Waals surface area contributed by atoms with Crippen LogP contribution >= 0.6 is 0 Å². The molecule has 19 heavy (non-hydrogen) atoms. The van der Waals surface area contributed by atoms with Crippen LogP contribution in [0, 0.1) is 11.8 Å². The summed E-state index contributed by atoms with van der Waals surface area (Å²) in [6.45, 7) is 6.18. The molecule has 1 aliphatic rings. The van der Waals surface area contributed by atoms with E-state index in [4.69, 9.17) is 4.52 Å². The maximum Gasteiger partial charge on any atom is 0.265 e. The molecule has 0 saturated carbocycles. The molecule has 0 saturated heterocycles. The van der Waals surface area contributed by atoms with E-state index in [0.717, 1.165) is 12.5 Å². The molecule has 2 atom stereocenters. The number of nitrogens with one attached hydrogen (secondary N) is 1. The summed E-state index contributed by atoms with van der Waals surface area (Å²) in [7, 11) is 3.81. The van der Waals surface area contributed by atoms with Crippen molar-refractivity contribution in [2.24, 2.45) is 11.8 Å². The average molecular weight is 264 g/mol. The molecule has 0 unspecified atom stereocenters. The summed E-state index contributed by atoms with van der Waals surface area (Å²) in [5.74, 6) is 2.65. The minimum Gasteiger partial charge on any atom is -0.344 e. The topological polar surface area (TPSA) is 54.2 Å². The van der Waals surface area contributed by atoms with Crippen LogP contribution < -0.4 is 10.2 Å². The maximum absolute atomic E-state index is 5.19. The van der Waals surface area contributed by atoms with Gasteiger partial charge in [0.2, 0.25) is 5.89 Å². The lowest BCUT2D eigenvalue weighted by atomic mass is 9.80. The molecule has 0 bridgehead atoms. The fourth-order valence-corrected chi connectivity index (χ4v) is 2.57. The van der Waals surface area contributed by atoms with Crippen LogP contribution in [-0.4, -0.2) is 30.8 Å². The first kappa shape index (κ1) is 14.1. The van der Waals surface area contributed by atoms with Crippen molar-refractivity contribution in [1.29, 1.82) is 0 Å². The largest absolute Gasteiger partial charge is 0.344 e. The van der Waals surface area contributed by atoms with Gasteiger partial charge in [0.15, 0.2) is 0 Å². The van der Waals surface area contributed by atoms with E-state index in [9.17, 15) is 0 Å². The molecule has 0 fully saturated rings. The highest BCUT2D eigenvalue weighted by molar-refractivity contribution is 5.23. The number of rotatable bonds is 5. The molecular weight excluding hydrogens is 240 g/mol. The second-order valence-corrected chi connectivity index (χ2v) is 5.62. The Kier molecular flexibility index (Phi) is 4.58. The summed E-state index contributed by atoms with van der Waals surface area (Å²) in [6, 6.07) is 0. The summed E-state index contributed by atoms with van der Waals surface area (Å²) in [5, 5.41) is 7.33. The van der Waals surface area contributed by atoms with E-state index in [-0.39, 0.29) is 0 Å². The van der Waals surface area contributed by atoms with E-state index in [1.807, 2.05) is 19.0 Å². The lowest BCUT2D eigenvalue weighted by Crippen LogP contribution is -2.29. The third kappa shape index (κ3) is 3.56. The quantitative estimate of drug-likeness (QED) is 0.826. The molecule has 1 aliphatic carbocycles. The zero-order chi connectivity index (χ0) is 13.8. The monoisotopic (exact) mass is 264 g/mol. The summed E-state index contributed by atoms with van der Waals surface area (Å²) < 4.78 is 5.19. The number of hydrogen-bond donors (Lipinski definition) is 1. The first-order valence-corrected chi connectivity index (χ1v) is 6.95. The van der Waals surface area contributed by atoms with Crippen LogP contribution in [0.3, 0.4) is 0 Å². The van der Waals surface area contributed by atoms with E-state index in [1.54, 1.807) is 0 Å². The van der Waals surface area contributed by atoms with Crippen molar-refractivity contribution < 1.29 is 4.52 Å². The van der Waals surface area contributed by atoms with E-state index in [0.29, 0.717) is 24.3 Å². The van der Waals surface area contributed by atoms with Gasteiger partial charge in [-0.2, -0.15) is 4.98 Å². The minimum absolute atomic E-state index is 0.624. The zero-order valence-corrected chi connectivity index (χ0v) is 12.3. The van der Waals surface area contributed by atoms with Crippen LogP contribution in [0.5, 0.6) is 0 Å². The normalized spacial score (nSPS) is 23.3. The third-order valence-corrected chi connectivity index (χ3v) is 3.86. The molecule has 1 heterocycles. The van der Waals surface area contributed by atoms with Gasteiger partial charge in [0.05, 0.1) is 6.54 Å². The number of aromatic nitrogens is 2. The zero-order valence-electron chi connectivity index (χ0n) is 12.3. The van der Waals surface area contributed by atoms with Gasteiger partial charge in [-0.05, 0) is 36.8 Å². The lowest BCUT2D eigenvalue weighted by Gasteiger charge is -2.28. The van der Waals surface area contributed by atoms with Gasteiger partial charge in [0.25, 0.3) is 5.95 Å². The summed E-state index contributed by atoms with van der Waals surface area (Å²) >= 11 is 0. The molecule has 2 rings (SSSR count). The van der Waals surface area contributed by atoms with E-state index < -0.39 is 0 Å². The average Bonchev–Trinajstić information content (AvgIpc) is 2.82. The van der Waals surface area contributed by atoms with Crippen molar-refractivity contribution in [2.45, 2.75) is 33.2 Å². The molecular formula is C14H24N4O. The predicted molar refractivity (Wildman–Crippen MR) is 76.0 cm³/mol. The number of anilines is 1. The molecule has 0 aliphatic heterocycles. The first-order valence-electron chi connectivity index (χ1n) is 6.95. The van der Waals surface area contributed by atoms with Gasteiger partial charge in [-0.25, -0.2) is 0 Å². The van der Waals surface area contributed by atoms with Crippen molar-refractivity contribution in [3.63, 3.8) is 0 Å². The Labute approximate surface area is 115 Å². The Morgan fingerprint density at radius 3 is 2.89 bits per heavy atom. The molecule has 0 radical (unpaired) electrons. The standard InChI is InChI=1S/C14H24N4O/c1-10-6-5-7-11(2)12(10)8-15-9-13-16-14(17-19-13)18(3)4/h6,11-12,15H,5,7-9H2,1-4H3/t11-,12-/m0/s1. The Morgan fingerprint density at radius 1 is 1.47 bits per heavy atom. The fourth-order valence-electron chi connectivity index (χ4n) is 2.57. The van der Waals surface area contributed by atoms with E-state index >= 15 is 0 Å². The highest BCUT2D eigenvalue weighted by Crippen LogP contribution is 2.29. The van der Waals surface area contributed by atoms with Gasteiger partial charge in [0.1, 0.15) is 0 Å². The first-order chi connectivity index (χ1) is 9.08. The Hall–Kier alpha value is -1.36. The second kappa shape index (κ2) is 6.19. The van der Waals surface area contributed by atoms with Crippen LogP contribution in [0.15, 0.2) is 16.2 Å². The molecule has 1 N–H and O–H groups in total. The van der Waals surface area contributed by atoms with Crippen LogP contribution in [0.1, 0.15) is 32.6 Å². The van der Waals surface area contributed by atoms with Gasteiger partial charge in [-0.15, -0.1) is 0 Å². The minimum atomic E-state index is 0.624. The Balaban J connectivity index is 1.82. The predicted octanol–water partition coefficient (Wildman–Crippen LogP) is 2.22. The van der Waals surface area contributed by atoms with Crippen molar-refractivity contribution >= 4 is 5.95 Å². The van der Waals surface area contributed by atoms with Crippen molar-refractivity contribution in [3.05, 3.63) is 17.5 Å². The molecule has 0 aromatic carbocycles. The maximum atomic E-state index is 5.19. The number of allylic oxidation sites excluding steroid dienone is 1. The molecule has 1 aromatic heterocycles. The molecule has 5 nitrogen and oxygen atoms in total. The van der Waals surface area contributed by atoms with Gasteiger partial charge >= 0.3 is 0 Å². The Bertz CT molecular complexity index is 438. The van der Waals surface area contributed by atoms with Gasteiger partial charge < -0.3 is 14.7 Å². The molecule has 0 amide bonds. The summed E-state index contributed by atoms with van der Waals surface area (Å²) in [6.07, 6.45) is 4.87. The third-order valence-electron chi connectivity index (χ3n) is 3.86. The van der Waals surface area contributed by atoms with E-state index in [2.05, 4.69) is 35.4 Å². The Morgan fingerprint density at radius 2 is 2.26 bits per heavy atom. The lowest BCUT2D eigenvalue weighted by molar-refractivity contribution is 0.329. The molecule has 5 heteroatoms. The summed E-state index contributed by atoms with van der Waals surface area (Å²) in [5.41, 5.74) is 1.51. The van der Waals surface area contributed by atoms with Crippen LogP contribution in [0.2, 0.25) is 0 Å².